The SMILES string of the molecule is CCC1CCC(NC(=O)c2cccc(N)n2)C1C. The van der Waals surface area contributed by atoms with Crippen molar-refractivity contribution in [1.29, 1.82) is 0 Å². The van der Waals surface area contributed by atoms with E-state index in [1.54, 1.807) is 18.2 Å². The molecule has 0 aliphatic heterocycles. The fourth-order valence-electron chi connectivity index (χ4n) is 2.85. The van der Waals surface area contributed by atoms with Gasteiger partial charge in [0.1, 0.15) is 11.5 Å². The van der Waals surface area contributed by atoms with Crippen LogP contribution in [0.25, 0.3) is 0 Å². The van der Waals surface area contributed by atoms with Gasteiger partial charge in [-0.15, -0.1) is 0 Å². The summed E-state index contributed by atoms with van der Waals surface area (Å²) in [5.74, 6) is 1.54. The Bertz CT molecular complexity index is 433. The summed E-state index contributed by atoms with van der Waals surface area (Å²) in [4.78, 5) is 16.1. The predicted octanol–water partition coefficient (Wildman–Crippen LogP) is 2.22. The Kier molecular flexibility index (Phi) is 3.84. The Morgan fingerprint density at radius 3 is 2.89 bits per heavy atom. The van der Waals surface area contributed by atoms with Gasteiger partial charge < -0.3 is 11.1 Å². The first kappa shape index (κ1) is 12.9. The number of anilines is 1. The van der Waals surface area contributed by atoms with Gasteiger partial charge >= 0.3 is 0 Å². The highest BCUT2D eigenvalue weighted by molar-refractivity contribution is 5.92. The molecule has 3 N–H and O–H groups in total. The molecule has 0 saturated heterocycles. The molecule has 0 radical (unpaired) electrons. The van der Waals surface area contributed by atoms with E-state index in [0.29, 0.717) is 17.4 Å². The lowest BCUT2D eigenvalue weighted by Crippen LogP contribution is -2.37. The van der Waals surface area contributed by atoms with E-state index in [1.165, 1.54) is 12.8 Å². The quantitative estimate of drug-likeness (QED) is 0.860. The number of carbonyl (C=O) groups is 1. The van der Waals surface area contributed by atoms with E-state index in [-0.39, 0.29) is 11.9 Å². The minimum absolute atomic E-state index is 0.115. The molecular weight excluding hydrogens is 226 g/mol. The summed E-state index contributed by atoms with van der Waals surface area (Å²) in [7, 11) is 0. The van der Waals surface area contributed by atoms with Crippen molar-refractivity contribution >= 4 is 11.7 Å². The number of aromatic nitrogens is 1. The lowest BCUT2D eigenvalue weighted by atomic mass is 9.93. The number of hydrogen-bond acceptors (Lipinski definition) is 3. The molecule has 1 aromatic rings. The maximum absolute atomic E-state index is 12.1. The molecular formula is C14H21N3O. The topological polar surface area (TPSA) is 68.0 Å². The number of carbonyl (C=O) groups excluding carboxylic acids is 1. The van der Waals surface area contributed by atoms with Crippen LogP contribution in [0.1, 0.15) is 43.6 Å². The van der Waals surface area contributed by atoms with Crippen LogP contribution in [0.5, 0.6) is 0 Å². The largest absolute Gasteiger partial charge is 0.384 e. The predicted molar refractivity (Wildman–Crippen MR) is 72.1 cm³/mol. The van der Waals surface area contributed by atoms with Gasteiger partial charge in [0.05, 0.1) is 0 Å². The zero-order valence-corrected chi connectivity index (χ0v) is 11.0. The first-order valence-electron chi connectivity index (χ1n) is 6.65. The second-order valence-electron chi connectivity index (χ2n) is 5.13. The molecule has 4 nitrogen and oxygen atoms in total. The fraction of sp³-hybridized carbons (Fsp3) is 0.571. The summed E-state index contributed by atoms with van der Waals surface area (Å²) in [5, 5.41) is 3.08. The maximum atomic E-state index is 12.1. The third-order valence-electron chi connectivity index (χ3n) is 4.07. The minimum Gasteiger partial charge on any atom is -0.384 e. The second-order valence-corrected chi connectivity index (χ2v) is 5.13. The summed E-state index contributed by atoms with van der Waals surface area (Å²) < 4.78 is 0. The molecule has 0 spiro atoms. The molecule has 18 heavy (non-hydrogen) atoms. The lowest BCUT2D eigenvalue weighted by Gasteiger charge is -2.20. The van der Waals surface area contributed by atoms with Crippen molar-refractivity contribution in [2.24, 2.45) is 11.8 Å². The van der Waals surface area contributed by atoms with Crippen LogP contribution in [0.2, 0.25) is 0 Å². The van der Waals surface area contributed by atoms with E-state index >= 15 is 0 Å². The molecule has 2 rings (SSSR count). The van der Waals surface area contributed by atoms with Gasteiger partial charge in [0.15, 0.2) is 0 Å². The molecule has 4 heteroatoms. The van der Waals surface area contributed by atoms with Crippen LogP contribution in [-0.2, 0) is 0 Å². The van der Waals surface area contributed by atoms with Crippen molar-refractivity contribution in [2.45, 2.75) is 39.2 Å². The van der Waals surface area contributed by atoms with E-state index in [1.807, 2.05) is 0 Å². The fourth-order valence-corrected chi connectivity index (χ4v) is 2.85. The standard InChI is InChI=1S/C14H21N3O/c1-3-10-7-8-11(9(10)2)17-14(18)12-5-4-6-13(15)16-12/h4-6,9-11H,3,7-8H2,1-2H3,(H2,15,16)(H,17,18). The van der Waals surface area contributed by atoms with Gasteiger partial charge in [-0.3, -0.25) is 4.79 Å². The van der Waals surface area contributed by atoms with Gasteiger partial charge in [-0.1, -0.05) is 26.3 Å². The second kappa shape index (κ2) is 5.38. The Morgan fingerprint density at radius 2 is 2.28 bits per heavy atom. The van der Waals surface area contributed by atoms with E-state index in [0.717, 1.165) is 12.3 Å². The van der Waals surface area contributed by atoms with Crippen LogP contribution >= 0.6 is 0 Å². The molecule has 3 unspecified atom stereocenters. The molecule has 1 saturated carbocycles. The number of hydrogen-bond donors (Lipinski definition) is 2. The van der Waals surface area contributed by atoms with Gasteiger partial charge in [0.2, 0.25) is 0 Å². The van der Waals surface area contributed by atoms with Crippen molar-refractivity contribution in [2.75, 3.05) is 5.73 Å². The monoisotopic (exact) mass is 247 g/mol. The molecule has 1 aliphatic carbocycles. The number of amides is 1. The smallest absolute Gasteiger partial charge is 0.270 e. The third kappa shape index (κ3) is 2.63. The van der Waals surface area contributed by atoms with E-state index < -0.39 is 0 Å². The normalized spacial score (nSPS) is 27.1. The summed E-state index contributed by atoms with van der Waals surface area (Å²) >= 11 is 0. The summed E-state index contributed by atoms with van der Waals surface area (Å²) in [6, 6.07) is 5.40. The number of rotatable bonds is 3. The summed E-state index contributed by atoms with van der Waals surface area (Å²) in [6.45, 7) is 4.43. The number of nitrogens with two attached hydrogens (primary N) is 1. The van der Waals surface area contributed by atoms with Gasteiger partial charge in [-0.2, -0.15) is 0 Å². The van der Waals surface area contributed by atoms with Gasteiger partial charge in [0.25, 0.3) is 5.91 Å². The highest BCUT2D eigenvalue weighted by Crippen LogP contribution is 2.33. The first-order chi connectivity index (χ1) is 8.61. The average molecular weight is 247 g/mol. The molecule has 0 aromatic carbocycles. The van der Waals surface area contributed by atoms with Crippen molar-refractivity contribution in [1.82, 2.24) is 10.3 Å². The minimum atomic E-state index is -0.115. The van der Waals surface area contributed by atoms with Crippen LogP contribution < -0.4 is 11.1 Å². The Hall–Kier alpha value is -1.58. The first-order valence-corrected chi connectivity index (χ1v) is 6.65. The molecule has 1 amide bonds. The molecule has 98 valence electrons. The number of nitrogen functional groups attached to an aromatic ring is 1. The van der Waals surface area contributed by atoms with Gasteiger partial charge in [-0.05, 0) is 36.8 Å². The van der Waals surface area contributed by atoms with Crippen molar-refractivity contribution in [3.63, 3.8) is 0 Å². The van der Waals surface area contributed by atoms with Gasteiger partial charge in [0, 0.05) is 6.04 Å². The average Bonchev–Trinajstić information content (AvgIpc) is 2.70. The maximum Gasteiger partial charge on any atom is 0.270 e. The van der Waals surface area contributed by atoms with E-state index in [9.17, 15) is 4.79 Å². The Morgan fingerprint density at radius 1 is 1.50 bits per heavy atom. The Labute approximate surface area is 108 Å². The van der Waals surface area contributed by atoms with Crippen molar-refractivity contribution in [3.8, 4) is 0 Å². The highest BCUT2D eigenvalue weighted by atomic mass is 16.1. The molecule has 0 bridgehead atoms. The van der Waals surface area contributed by atoms with Crippen LogP contribution in [0.4, 0.5) is 5.82 Å². The van der Waals surface area contributed by atoms with Crippen LogP contribution in [0.15, 0.2) is 18.2 Å². The highest BCUT2D eigenvalue weighted by Gasteiger charge is 2.32. The number of nitrogens with zero attached hydrogens (tertiary/aromatic N) is 1. The summed E-state index contributed by atoms with van der Waals surface area (Å²) in [6.07, 6.45) is 3.45. The van der Waals surface area contributed by atoms with Crippen LogP contribution in [0.3, 0.4) is 0 Å². The lowest BCUT2D eigenvalue weighted by molar-refractivity contribution is 0.0921. The van der Waals surface area contributed by atoms with Crippen molar-refractivity contribution < 1.29 is 4.79 Å². The van der Waals surface area contributed by atoms with E-state index in [2.05, 4.69) is 24.1 Å². The molecule has 3 atom stereocenters. The third-order valence-corrected chi connectivity index (χ3v) is 4.07. The zero-order chi connectivity index (χ0) is 13.1. The number of nitrogens with one attached hydrogen (secondary N) is 1. The molecule has 1 fully saturated rings. The molecule has 1 heterocycles. The number of pyridine rings is 1. The van der Waals surface area contributed by atoms with E-state index in [4.69, 9.17) is 5.73 Å². The van der Waals surface area contributed by atoms with Crippen molar-refractivity contribution in [3.05, 3.63) is 23.9 Å². The summed E-state index contributed by atoms with van der Waals surface area (Å²) in [5.41, 5.74) is 5.99. The zero-order valence-electron chi connectivity index (χ0n) is 11.0. The van der Waals surface area contributed by atoms with Crippen LogP contribution in [-0.4, -0.2) is 16.9 Å². The molecule has 1 aromatic heterocycles. The van der Waals surface area contributed by atoms with Crippen LogP contribution in [0, 0.1) is 11.8 Å². The molecule has 1 aliphatic rings. The Balaban J connectivity index is 2.00. The van der Waals surface area contributed by atoms with Gasteiger partial charge in [-0.25, -0.2) is 4.98 Å².